The van der Waals surface area contributed by atoms with Gasteiger partial charge in [-0.2, -0.15) is 0 Å². The van der Waals surface area contributed by atoms with E-state index in [2.05, 4.69) is 11.6 Å². The Morgan fingerprint density at radius 1 is 0.545 bits per heavy atom. The Hall–Kier alpha value is -0.0500. The maximum absolute atomic E-state index is 11.7. The average molecular weight is 499 g/mol. The van der Waals surface area contributed by atoms with Crippen molar-refractivity contribution in [1.82, 2.24) is 0 Å². The molecular weight excluding hydrogens is 447 g/mol. The Morgan fingerprint density at radius 3 is 1.45 bits per heavy atom. The summed E-state index contributed by atoms with van der Waals surface area (Å²) in [5.41, 5.74) is 0. The first kappa shape index (κ1) is 33.0. The van der Waals surface area contributed by atoms with E-state index in [1.165, 1.54) is 70.6 Å². The summed E-state index contributed by atoms with van der Waals surface area (Å²) < 4.78 is 36.7. The number of phosphoric acid groups is 1. The Labute approximate surface area is 202 Å². The normalized spacial score (nSPS) is 13.4. The van der Waals surface area contributed by atoms with Gasteiger partial charge < -0.3 is 19.1 Å². The van der Waals surface area contributed by atoms with E-state index < -0.39 is 7.82 Å². The second-order valence-electron chi connectivity index (χ2n) is 8.22. The van der Waals surface area contributed by atoms with Gasteiger partial charge in [0.25, 0.3) is 0 Å². The SMILES string of the molecule is CCCCCCCCCCCCCCCCOOP(=O)(O)OCCOCCOCCOCC. The van der Waals surface area contributed by atoms with Gasteiger partial charge in [0, 0.05) is 6.61 Å². The molecule has 9 heteroatoms. The predicted octanol–water partition coefficient (Wildman–Crippen LogP) is 6.60. The van der Waals surface area contributed by atoms with Crippen LogP contribution in [0.1, 0.15) is 104 Å². The van der Waals surface area contributed by atoms with Crippen molar-refractivity contribution in [2.75, 3.05) is 52.9 Å². The number of phosphoric ester groups is 1. The zero-order chi connectivity index (χ0) is 24.3. The monoisotopic (exact) mass is 498 g/mol. The highest BCUT2D eigenvalue weighted by molar-refractivity contribution is 7.47. The molecule has 0 heterocycles. The predicted molar refractivity (Wildman–Crippen MR) is 131 cm³/mol. The van der Waals surface area contributed by atoms with Crippen LogP contribution in [-0.2, 0) is 32.9 Å². The first-order valence-corrected chi connectivity index (χ1v) is 14.6. The van der Waals surface area contributed by atoms with Gasteiger partial charge in [0.2, 0.25) is 0 Å². The zero-order valence-electron chi connectivity index (χ0n) is 21.3. The zero-order valence-corrected chi connectivity index (χ0v) is 22.2. The van der Waals surface area contributed by atoms with Crippen LogP contribution in [0.4, 0.5) is 0 Å². The molecule has 0 aliphatic rings. The van der Waals surface area contributed by atoms with Crippen LogP contribution in [0.25, 0.3) is 0 Å². The maximum atomic E-state index is 11.7. The van der Waals surface area contributed by atoms with Gasteiger partial charge in [0.15, 0.2) is 0 Å². The van der Waals surface area contributed by atoms with Crippen LogP contribution < -0.4 is 0 Å². The van der Waals surface area contributed by atoms with Gasteiger partial charge in [-0.25, -0.2) is 9.45 Å². The first-order valence-electron chi connectivity index (χ1n) is 13.1. The highest BCUT2D eigenvalue weighted by atomic mass is 31.2. The maximum Gasteiger partial charge on any atom is 0.499 e. The minimum Gasteiger partial charge on any atom is -0.379 e. The van der Waals surface area contributed by atoms with Crippen LogP contribution in [0.3, 0.4) is 0 Å². The molecule has 8 nitrogen and oxygen atoms in total. The molecule has 200 valence electrons. The fourth-order valence-electron chi connectivity index (χ4n) is 3.28. The van der Waals surface area contributed by atoms with Crippen molar-refractivity contribution in [1.29, 1.82) is 0 Å². The van der Waals surface area contributed by atoms with Crippen LogP contribution >= 0.6 is 7.82 Å². The van der Waals surface area contributed by atoms with E-state index in [0.29, 0.717) is 33.0 Å². The minimum atomic E-state index is -4.20. The van der Waals surface area contributed by atoms with E-state index in [9.17, 15) is 9.46 Å². The van der Waals surface area contributed by atoms with E-state index in [1.54, 1.807) is 0 Å². The van der Waals surface area contributed by atoms with Crippen molar-refractivity contribution < 1.29 is 37.8 Å². The summed E-state index contributed by atoms with van der Waals surface area (Å²) >= 11 is 0. The van der Waals surface area contributed by atoms with Crippen LogP contribution in [0.15, 0.2) is 0 Å². The summed E-state index contributed by atoms with van der Waals surface area (Å²) in [6.07, 6.45) is 17.8. The summed E-state index contributed by atoms with van der Waals surface area (Å²) in [4.78, 5) is 14.4. The van der Waals surface area contributed by atoms with Gasteiger partial charge in [-0.1, -0.05) is 90.4 Å². The van der Waals surface area contributed by atoms with E-state index in [0.717, 1.165) is 19.3 Å². The van der Waals surface area contributed by atoms with Crippen LogP contribution in [0.2, 0.25) is 0 Å². The summed E-state index contributed by atoms with van der Waals surface area (Å²) in [5, 5.41) is 0. The molecule has 1 unspecified atom stereocenters. The molecule has 0 aliphatic carbocycles. The molecule has 0 bridgehead atoms. The number of rotatable bonds is 28. The first-order chi connectivity index (χ1) is 16.1. The van der Waals surface area contributed by atoms with Crippen molar-refractivity contribution in [2.45, 2.75) is 104 Å². The molecule has 0 amide bonds. The molecule has 0 aromatic rings. The molecule has 0 aromatic carbocycles. The van der Waals surface area contributed by atoms with Crippen molar-refractivity contribution in [3.63, 3.8) is 0 Å². The standard InChI is InChI=1S/C24H51O8P/c1-3-5-6-7-8-9-10-11-12-13-14-15-16-17-18-30-32-33(25,26)31-24-23-29-22-21-28-20-19-27-4-2/h3-24H2,1-2H3,(H,25,26). The molecule has 0 saturated heterocycles. The Balaban J connectivity index is 3.27. The van der Waals surface area contributed by atoms with Crippen LogP contribution in [0.5, 0.6) is 0 Å². The molecule has 1 atom stereocenters. The molecule has 0 aromatic heterocycles. The highest BCUT2D eigenvalue weighted by Crippen LogP contribution is 2.43. The second kappa shape index (κ2) is 26.6. The van der Waals surface area contributed by atoms with Crippen molar-refractivity contribution in [2.24, 2.45) is 0 Å². The van der Waals surface area contributed by atoms with Crippen molar-refractivity contribution in [3.8, 4) is 0 Å². The molecular formula is C24H51O8P. The second-order valence-corrected chi connectivity index (χ2v) is 9.56. The number of unbranched alkanes of at least 4 members (excludes halogenated alkanes) is 13. The lowest BCUT2D eigenvalue weighted by molar-refractivity contribution is -0.225. The van der Waals surface area contributed by atoms with E-state index in [4.69, 9.17) is 23.6 Å². The lowest BCUT2D eigenvalue weighted by Gasteiger charge is -2.11. The third-order valence-corrected chi connectivity index (χ3v) is 5.96. The molecule has 1 N–H and O–H groups in total. The molecule has 0 radical (unpaired) electrons. The Bertz CT molecular complexity index is 425. The third-order valence-electron chi connectivity index (χ3n) is 5.16. The van der Waals surface area contributed by atoms with Gasteiger partial charge in [-0.3, -0.25) is 4.52 Å². The average Bonchev–Trinajstić information content (AvgIpc) is 2.80. The molecule has 0 rings (SSSR count). The van der Waals surface area contributed by atoms with Crippen LogP contribution in [-0.4, -0.2) is 57.7 Å². The highest BCUT2D eigenvalue weighted by Gasteiger charge is 2.22. The quantitative estimate of drug-likeness (QED) is 0.0558. The van der Waals surface area contributed by atoms with Gasteiger partial charge >= 0.3 is 7.82 Å². The van der Waals surface area contributed by atoms with Gasteiger partial charge in [-0.05, 0) is 13.3 Å². The van der Waals surface area contributed by atoms with E-state index >= 15 is 0 Å². The van der Waals surface area contributed by atoms with E-state index in [1.807, 2.05) is 6.92 Å². The van der Waals surface area contributed by atoms with Gasteiger partial charge in [-0.15, -0.1) is 4.67 Å². The molecule has 0 fully saturated rings. The topological polar surface area (TPSA) is 92.7 Å². The number of ether oxygens (including phenoxy) is 3. The minimum absolute atomic E-state index is 0.0606. The third kappa shape index (κ3) is 28.1. The van der Waals surface area contributed by atoms with E-state index in [-0.39, 0.29) is 19.8 Å². The fourth-order valence-corrected chi connectivity index (χ4v) is 3.83. The number of hydrogen-bond donors (Lipinski definition) is 1. The summed E-state index contributed by atoms with van der Waals surface area (Å²) in [6, 6.07) is 0. The summed E-state index contributed by atoms with van der Waals surface area (Å²) in [5.74, 6) is 0. The Kier molecular flexibility index (Phi) is 26.5. The largest absolute Gasteiger partial charge is 0.499 e. The molecule has 0 aliphatic heterocycles. The van der Waals surface area contributed by atoms with Gasteiger partial charge in [0.05, 0.1) is 46.2 Å². The molecule has 0 spiro atoms. The lowest BCUT2D eigenvalue weighted by atomic mass is 10.0. The van der Waals surface area contributed by atoms with Gasteiger partial charge in [0.1, 0.15) is 0 Å². The summed E-state index contributed by atoms with van der Waals surface area (Å²) in [7, 11) is -4.20. The van der Waals surface area contributed by atoms with Crippen molar-refractivity contribution >= 4 is 7.82 Å². The smallest absolute Gasteiger partial charge is 0.379 e. The molecule has 33 heavy (non-hydrogen) atoms. The number of hydrogen-bond acceptors (Lipinski definition) is 7. The van der Waals surface area contributed by atoms with Crippen molar-refractivity contribution in [3.05, 3.63) is 0 Å². The fraction of sp³-hybridized carbons (Fsp3) is 1.00. The Morgan fingerprint density at radius 2 is 0.970 bits per heavy atom. The summed E-state index contributed by atoms with van der Waals surface area (Å²) in [6.45, 7) is 7.13. The van der Waals surface area contributed by atoms with Crippen LogP contribution in [0, 0.1) is 0 Å². The molecule has 0 saturated carbocycles. The lowest BCUT2D eigenvalue weighted by Crippen LogP contribution is -2.11.